The van der Waals surface area contributed by atoms with Gasteiger partial charge in [0, 0.05) is 30.3 Å². The Hall–Kier alpha value is -3.75. The summed E-state index contributed by atoms with van der Waals surface area (Å²) in [6, 6.07) is 10.5. The molecule has 0 fully saturated rings. The van der Waals surface area contributed by atoms with E-state index in [2.05, 4.69) is 15.8 Å². The topological polar surface area (TPSA) is 116 Å². The number of carbonyl (C=O) groups excluding carboxylic acids is 1. The smallest absolute Gasteiger partial charge is 0.256 e. The highest BCUT2D eigenvalue weighted by molar-refractivity contribution is 5.97. The Labute approximate surface area is 198 Å². The maximum atomic E-state index is 13.0. The molecule has 3 rings (SSSR count). The lowest BCUT2D eigenvalue weighted by molar-refractivity contribution is 0.0941. The number of allylic oxidation sites excluding steroid dienone is 2. The minimum atomic E-state index is -1.04. The molecule has 2 aromatic heterocycles. The number of rotatable bonds is 7. The minimum Gasteiger partial charge on any atom is -0.386 e. The van der Waals surface area contributed by atoms with Crippen LogP contribution in [0.25, 0.3) is 22.3 Å². The Bertz CT molecular complexity index is 1330. The van der Waals surface area contributed by atoms with Crippen molar-refractivity contribution in [2.45, 2.75) is 46.3 Å². The zero-order valence-electron chi connectivity index (χ0n) is 20.0. The zero-order valence-corrected chi connectivity index (χ0v) is 20.0. The summed E-state index contributed by atoms with van der Waals surface area (Å²) in [5.74, 6) is -0.454. The highest BCUT2D eigenvalue weighted by Gasteiger charge is 2.18. The maximum Gasteiger partial charge on any atom is 0.256 e. The fraction of sp³-hybridized carbons (Fsp3) is 0.269. The number of hydroxylamine groups is 1. The molecule has 0 aliphatic rings. The molecule has 0 spiro atoms. The van der Waals surface area contributed by atoms with Crippen molar-refractivity contribution in [1.82, 2.24) is 20.3 Å². The van der Waals surface area contributed by atoms with Gasteiger partial charge in [-0.05, 0) is 75.6 Å². The van der Waals surface area contributed by atoms with Crippen LogP contribution in [0.2, 0.25) is 0 Å². The second-order valence-corrected chi connectivity index (χ2v) is 8.91. The number of pyridine rings is 2. The lowest BCUT2D eigenvalue weighted by Gasteiger charge is -2.19. The van der Waals surface area contributed by atoms with Crippen LogP contribution in [0.4, 0.5) is 0 Å². The molecular formula is C26H30N4O4. The van der Waals surface area contributed by atoms with Gasteiger partial charge in [-0.3, -0.25) is 20.3 Å². The van der Waals surface area contributed by atoms with E-state index in [-0.39, 0.29) is 17.0 Å². The number of fused-ring (bicyclic) bond motifs is 1. The molecule has 0 saturated carbocycles. The van der Waals surface area contributed by atoms with Crippen molar-refractivity contribution in [3.63, 3.8) is 0 Å². The second kappa shape index (κ2) is 10.0. The van der Waals surface area contributed by atoms with Gasteiger partial charge >= 0.3 is 0 Å². The normalized spacial score (nSPS) is 12.8. The van der Waals surface area contributed by atoms with Gasteiger partial charge in [0.1, 0.15) is 11.2 Å². The third-order valence-corrected chi connectivity index (χ3v) is 5.44. The van der Waals surface area contributed by atoms with Crippen molar-refractivity contribution < 1.29 is 15.1 Å². The van der Waals surface area contributed by atoms with Crippen molar-refractivity contribution in [3.8, 4) is 5.69 Å². The third-order valence-electron chi connectivity index (χ3n) is 5.44. The van der Waals surface area contributed by atoms with E-state index < -0.39 is 11.5 Å². The molecule has 4 N–H and O–H groups in total. The first-order chi connectivity index (χ1) is 16.0. The molecule has 0 atom stereocenters. The van der Waals surface area contributed by atoms with Crippen molar-refractivity contribution in [2.24, 2.45) is 0 Å². The number of amides is 1. The average molecular weight is 463 g/mol. The van der Waals surface area contributed by atoms with Gasteiger partial charge in [0.15, 0.2) is 0 Å². The molecule has 34 heavy (non-hydrogen) atoms. The molecule has 1 aromatic carbocycles. The van der Waals surface area contributed by atoms with Gasteiger partial charge in [-0.15, -0.1) is 0 Å². The summed E-state index contributed by atoms with van der Waals surface area (Å²) in [6.45, 7) is 8.82. The highest BCUT2D eigenvalue weighted by atomic mass is 16.5. The first-order valence-electron chi connectivity index (χ1n) is 11.0. The molecule has 1 amide bonds. The fourth-order valence-corrected chi connectivity index (χ4v) is 3.38. The van der Waals surface area contributed by atoms with Gasteiger partial charge in [-0.25, -0.2) is 4.98 Å². The van der Waals surface area contributed by atoms with E-state index >= 15 is 0 Å². The molecule has 8 nitrogen and oxygen atoms in total. The number of benzene rings is 1. The molecule has 2 heterocycles. The monoisotopic (exact) mass is 462 g/mol. The molecule has 8 heteroatoms. The molecule has 0 aliphatic carbocycles. The first kappa shape index (κ1) is 24.9. The Kier molecular flexibility index (Phi) is 7.34. The van der Waals surface area contributed by atoms with E-state index in [0.29, 0.717) is 27.9 Å². The fourth-order valence-electron chi connectivity index (χ4n) is 3.38. The van der Waals surface area contributed by atoms with Gasteiger partial charge in [0.25, 0.3) is 5.91 Å². The lowest BCUT2D eigenvalue weighted by Crippen LogP contribution is -2.34. The van der Waals surface area contributed by atoms with E-state index in [0.717, 1.165) is 5.56 Å². The number of hydrogen-bond donors (Lipinski definition) is 4. The maximum absolute atomic E-state index is 13.0. The van der Waals surface area contributed by atoms with Crippen LogP contribution >= 0.6 is 0 Å². The van der Waals surface area contributed by atoms with Crippen molar-refractivity contribution >= 4 is 22.5 Å². The number of hydrogen-bond acceptors (Lipinski definition) is 6. The van der Waals surface area contributed by atoms with Crippen LogP contribution in [0, 0.1) is 0 Å². The van der Waals surface area contributed by atoms with Gasteiger partial charge in [0.2, 0.25) is 5.43 Å². The zero-order chi connectivity index (χ0) is 25.0. The predicted octanol–water partition coefficient (Wildman–Crippen LogP) is 3.56. The molecule has 178 valence electrons. The summed E-state index contributed by atoms with van der Waals surface area (Å²) < 4.78 is 1.70. The van der Waals surface area contributed by atoms with Crippen LogP contribution in [0.1, 0.15) is 50.5 Å². The van der Waals surface area contributed by atoms with Gasteiger partial charge in [-0.1, -0.05) is 18.2 Å². The molecular weight excluding hydrogens is 432 g/mol. The highest BCUT2D eigenvalue weighted by Crippen LogP contribution is 2.25. The summed E-state index contributed by atoms with van der Waals surface area (Å²) in [4.78, 5) is 30.2. The average Bonchev–Trinajstić information content (AvgIpc) is 2.78. The Morgan fingerprint density at radius 3 is 2.59 bits per heavy atom. The second-order valence-electron chi connectivity index (χ2n) is 8.91. The summed E-state index contributed by atoms with van der Waals surface area (Å²) in [5.41, 5.74) is 3.79. The van der Waals surface area contributed by atoms with Crippen molar-refractivity contribution in [2.75, 3.05) is 0 Å². The van der Waals surface area contributed by atoms with Crippen LogP contribution in [-0.4, -0.2) is 37.4 Å². The molecule has 0 bridgehead atoms. The standard InChI is InChI=1S/C26H30N4O4/c1-16(2)29-25(32)22-15-30(24-21(23(22)31)10-7-11-27-24)20-9-6-8-18(13-20)19(14-28-34)12-17(3)26(4,5)33/h6-16,28,33-34H,1-5H3,(H,29,32)/b17-12+,19-14+. The van der Waals surface area contributed by atoms with Gasteiger partial charge < -0.3 is 15.0 Å². The summed E-state index contributed by atoms with van der Waals surface area (Å²) in [7, 11) is 0. The van der Waals surface area contributed by atoms with Crippen LogP contribution in [0.5, 0.6) is 0 Å². The molecule has 3 aromatic rings. The molecule has 0 unspecified atom stereocenters. The van der Waals surface area contributed by atoms with Crippen molar-refractivity contribution in [1.29, 1.82) is 0 Å². The molecule has 0 aliphatic heterocycles. The first-order valence-corrected chi connectivity index (χ1v) is 11.0. The Balaban J connectivity index is 2.22. The van der Waals surface area contributed by atoms with Crippen LogP contribution in [-0.2, 0) is 0 Å². The predicted molar refractivity (Wildman–Crippen MR) is 133 cm³/mol. The van der Waals surface area contributed by atoms with E-state index in [1.807, 2.05) is 38.1 Å². The van der Waals surface area contributed by atoms with Crippen LogP contribution in [0.3, 0.4) is 0 Å². The quantitative estimate of drug-likeness (QED) is 0.315. The van der Waals surface area contributed by atoms with Crippen LogP contribution in [0.15, 0.2) is 71.4 Å². The largest absolute Gasteiger partial charge is 0.386 e. The lowest BCUT2D eigenvalue weighted by atomic mass is 9.95. The number of aromatic nitrogens is 2. The Morgan fingerprint density at radius 2 is 1.94 bits per heavy atom. The van der Waals surface area contributed by atoms with Gasteiger partial charge in [0.05, 0.1) is 11.0 Å². The summed E-state index contributed by atoms with van der Waals surface area (Å²) in [6.07, 6.45) is 6.27. The third kappa shape index (κ3) is 5.41. The van der Waals surface area contributed by atoms with E-state index in [4.69, 9.17) is 0 Å². The summed E-state index contributed by atoms with van der Waals surface area (Å²) >= 11 is 0. The Morgan fingerprint density at radius 1 is 1.21 bits per heavy atom. The van der Waals surface area contributed by atoms with Gasteiger partial charge in [-0.2, -0.15) is 0 Å². The van der Waals surface area contributed by atoms with E-state index in [1.54, 1.807) is 49.7 Å². The van der Waals surface area contributed by atoms with Crippen LogP contribution < -0.4 is 16.2 Å². The minimum absolute atomic E-state index is 0.0187. The van der Waals surface area contributed by atoms with Crippen molar-refractivity contribution in [3.05, 3.63) is 88.0 Å². The number of nitrogens with zero attached hydrogens (tertiary/aromatic N) is 2. The van der Waals surface area contributed by atoms with E-state index in [1.165, 1.54) is 12.4 Å². The number of carbonyl (C=O) groups is 1. The summed E-state index contributed by atoms with van der Waals surface area (Å²) in [5, 5.41) is 22.7. The number of nitrogens with one attached hydrogen (secondary N) is 2. The molecule has 0 saturated heterocycles. The molecule has 0 radical (unpaired) electrons. The number of aliphatic hydroxyl groups is 1. The van der Waals surface area contributed by atoms with E-state index in [9.17, 15) is 19.9 Å². The SMILES string of the molecule is C/C(=C\C(=C/NO)c1cccc(-n2cc(C(=O)NC(C)C)c(=O)c3cccnc32)c1)C(C)(C)O.